The average molecular weight is 310 g/mol. The van der Waals surface area contributed by atoms with Crippen LogP contribution in [0.5, 0.6) is 0 Å². The molecule has 1 fully saturated rings. The van der Waals surface area contributed by atoms with Crippen molar-refractivity contribution < 1.29 is 8.42 Å². The molecule has 5 heteroatoms. The summed E-state index contributed by atoms with van der Waals surface area (Å²) in [5.41, 5.74) is 1.79. The summed E-state index contributed by atoms with van der Waals surface area (Å²) in [6.45, 7) is 8.49. The molecular weight excluding hydrogens is 284 g/mol. The van der Waals surface area contributed by atoms with Crippen molar-refractivity contribution in [1.29, 1.82) is 0 Å². The third-order valence-corrected chi connectivity index (χ3v) is 6.16. The molecular formula is C16H26N2O2S. The summed E-state index contributed by atoms with van der Waals surface area (Å²) in [7, 11) is -3.23. The summed E-state index contributed by atoms with van der Waals surface area (Å²) in [5.74, 6) is 0.0952. The first-order chi connectivity index (χ1) is 9.85. The largest absolute Gasteiger partial charge is 0.313 e. The second-order valence-corrected chi connectivity index (χ2v) is 8.23. The monoisotopic (exact) mass is 310 g/mol. The van der Waals surface area contributed by atoms with Crippen molar-refractivity contribution in [1.82, 2.24) is 9.62 Å². The Hall–Kier alpha value is -0.910. The molecule has 2 rings (SSSR count). The molecule has 118 valence electrons. The van der Waals surface area contributed by atoms with E-state index in [2.05, 4.69) is 12.2 Å². The molecule has 1 saturated heterocycles. The summed E-state index contributed by atoms with van der Waals surface area (Å²) in [4.78, 5) is 0. The van der Waals surface area contributed by atoms with Gasteiger partial charge in [0, 0.05) is 18.6 Å². The molecule has 1 heterocycles. The third-order valence-electron chi connectivity index (χ3n) is 4.11. The zero-order valence-electron chi connectivity index (χ0n) is 13.2. The third kappa shape index (κ3) is 4.05. The zero-order chi connectivity index (χ0) is 15.5. The van der Waals surface area contributed by atoms with Crippen LogP contribution in [0.1, 0.15) is 44.7 Å². The molecule has 4 nitrogen and oxygen atoms in total. The summed E-state index contributed by atoms with van der Waals surface area (Å²) in [6, 6.07) is 7.85. The van der Waals surface area contributed by atoms with Gasteiger partial charge in [-0.2, -0.15) is 4.31 Å². The molecule has 0 spiro atoms. The quantitative estimate of drug-likeness (QED) is 0.878. The van der Waals surface area contributed by atoms with E-state index in [1.165, 1.54) is 5.56 Å². The molecule has 1 aliphatic heterocycles. The Morgan fingerprint density at radius 3 is 2.33 bits per heavy atom. The maximum atomic E-state index is 12.6. The van der Waals surface area contributed by atoms with Gasteiger partial charge >= 0.3 is 0 Å². The second kappa shape index (κ2) is 6.46. The molecule has 1 aromatic carbocycles. The normalized spacial score (nSPS) is 19.0. The van der Waals surface area contributed by atoms with E-state index >= 15 is 0 Å². The first-order valence-electron chi connectivity index (χ1n) is 7.64. The number of hydrogen-bond donors (Lipinski definition) is 1. The van der Waals surface area contributed by atoms with Crippen LogP contribution >= 0.6 is 0 Å². The minimum atomic E-state index is -3.23. The highest BCUT2D eigenvalue weighted by Gasteiger charge is 2.39. The molecule has 0 radical (unpaired) electrons. The van der Waals surface area contributed by atoms with Crippen molar-refractivity contribution in [2.75, 3.05) is 13.1 Å². The maximum absolute atomic E-state index is 12.6. The predicted octanol–water partition coefficient (Wildman–Crippen LogP) is 2.50. The van der Waals surface area contributed by atoms with E-state index in [0.717, 1.165) is 31.5 Å². The lowest BCUT2D eigenvalue weighted by Crippen LogP contribution is -2.43. The number of rotatable bonds is 6. The predicted molar refractivity (Wildman–Crippen MR) is 86.5 cm³/mol. The summed E-state index contributed by atoms with van der Waals surface area (Å²) < 4.78 is 26.8. The number of nitrogens with zero attached hydrogens (tertiary/aromatic N) is 1. The minimum Gasteiger partial charge on any atom is -0.313 e. The van der Waals surface area contributed by atoms with Gasteiger partial charge in [-0.05, 0) is 44.4 Å². The molecule has 0 unspecified atom stereocenters. The Bertz CT molecular complexity index is 564. The van der Waals surface area contributed by atoms with E-state index < -0.39 is 10.0 Å². The summed E-state index contributed by atoms with van der Waals surface area (Å²) in [6.07, 6.45) is 1.89. The van der Waals surface area contributed by atoms with Crippen LogP contribution in [0.4, 0.5) is 0 Å². The molecule has 0 aromatic heterocycles. The van der Waals surface area contributed by atoms with Crippen LogP contribution in [0.2, 0.25) is 0 Å². The lowest BCUT2D eigenvalue weighted by Gasteiger charge is -2.30. The van der Waals surface area contributed by atoms with E-state index in [0.29, 0.717) is 6.54 Å². The number of sulfonamides is 1. The van der Waals surface area contributed by atoms with Gasteiger partial charge in [-0.25, -0.2) is 8.42 Å². The second-order valence-electron chi connectivity index (χ2n) is 6.34. The van der Waals surface area contributed by atoms with Gasteiger partial charge in [0.2, 0.25) is 10.0 Å². The van der Waals surface area contributed by atoms with Gasteiger partial charge in [-0.1, -0.05) is 31.2 Å². The average Bonchev–Trinajstić information content (AvgIpc) is 2.78. The molecule has 1 aliphatic rings. The molecule has 21 heavy (non-hydrogen) atoms. The number of hydrogen-bond acceptors (Lipinski definition) is 3. The van der Waals surface area contributed by atoms with Crippen LogP contribution in [0.25, 0.3) is 0 Å². The standard InChI is InChI=1S/C16H26N2O2S/c1-4-17-12-14-6-8-15(9-7-14)13-21(19,20)18-11-5-10-16(18,2)3/h6-9,17H,4-5,10-13H2,1-3H3. The van der Waals surface area contributed by atoms with Gasteiger partial charge in [0.15, 0.2) is 0 Å². The topological polar surface area (TPSA) is 49.4 Å². The Morgan fingerprint density at radius 2 is 1.81 bits per heavy atom. The number of nitrogens with one attached hydrogen (secondary N) is 1. The van der Waals surface area contributed by atoms with Crippen molar-refractivity contribution in [2.45, 2.75) is 51.4 Å². The van der Waals surface area contributed by atoms with Gasteiger partial charge in [0.25, 0.3) is 0 Å². The zero-order valence-corrected chi connectivity index (χ0v) is 14.0. The van der Waals surface area contributed by atoms with E-state index in [1.54, 1.807) is 4.31 Å². The molecule has 0 aliphatic carbocycles. The summed E-state index contributed by atoms with van der Waals surface area (Å²) >= 11 is 0. The van der Waals surface area contributed by atoms with Crippen LogP contribution in [0.3, 0.4) is 0 Å². The Balaban J connectivity index is 2.06. The molecule has 1 aromatic rings. The van der Waals surface area contributed by atoms with E-state index in [1.807, 2.05) is 38.1 Å². The first-order valence-corrected chi connectivity index (χ1v) is 9.25. The maximum Gasteiger partial charge on any atom is 0.218 e. The van der Waals surface area contributed by atoms with Gasteiger partial charge in [0.1, 0.15) is 0 Å². The van der Waals surface area contributed by atoms with Crippen molar-refractivity contribution >= 4 is 10.0 Å². The van der Waals surface area contributed by atoms with Crippen LogP contribution in [0, 0.1) is 0 Å². The fraction of sp³-hybridized carbons (Fsp3) is 0.625. The molecule has 0 saturated carbocycles. The minimum absolute atomic E-state index is 0.0952. The highest BCUT2D eigenvalue weighted by atomic mass is 32.2. The van der Waals surface area contributed by atoms with Gasteiger partial charge in [-0.3, -0.25) is 0 Å². The fourth-order valence-corrected chi connectivity index (χ4v) is 4.93. The van der Waals surface area contributed by atoms with Crippen LogP contribution in [-0.4, -0.2) is 31.4 Å². The lowest BCUT2D eigenvalue weighted by molar-refractivity contribution is 0.291. The van der Waals surface area contributed by atoms with Crippen molar-refractivity contribution in [3.8, 4) is 0 Å². The van der Waals surface area contributed by atoms with E-state index in [4.69, 9.17) is 0 Å². The molecule has 0 atom stereocenters. The Labute approximate surface area is 128 Å². The first kappa shape index (κ1) is 16.5. The highest BCUT2D eigenvalue weighted by Crippen LogP contribution is 2.32. The summed E-state index contributed by atoms with van der Waals surface area (Å²) in [5, 5.41) is 3.26. The van der Waals surface area contributed by atoms with E-state index in [-0.39, 0.29) is 11.3 Å². The SMILES string of the molecule is CCNCc1ccc(CS(=O)(=O)N2CCCC2(C)C)cc1. The van der Waals surface area contributed by atoms with Crippen molar-refractivity contribution in [2.24, 2.45) is 0 Å². The van der Waals surface area contributed by atoms with Gasteiger partial charge in [-0.15, -0.1) is 0 Å². The molecule has 0 bridgehead atoms. The Kier molecular flexibility index (Phi) is 5.07. The van der Waals surface area contributed by atoms with Gasteiger partial charge < -0.3 is 5.32 Å². The lowest BCUT2D eigenvalue weighted by atomic mass is 10.0. The highest BCUT2D eigenvalue weighted by molar-refractivity contribution is 7.88. The van der Waals surface area contributed by atoms with Crippen LogP contribution < -0.4 is 5.32 Å². The Morgan fingerprint density at radius 1 is 1.19 bits per heavy atom. The van der Waals surface area contributed by atoms with Crippen LogP contribution in [-0.2, 0) is 22.3 Å². The van der Waals surface area contributed by atoms with Crippen LogP contribution in [0.15, 0.2) is 24.3 Å². The smallest absolute Gasteiger partial charge is 0.218 e. The van der Waals surface area contributed by atoms with Gasteiger partial charge in [0.05, 0.1) is 5.75 Å². The van der Waals surface area contributed by atoms with Crippen molar-refractivity contribution in [3.63, 3.8) is 0 Å². The van der Waals surface area contributed by atoms with E-state index in [9.17, 15) is 8.42 Å². The van der Waals surface area contributed by atoms with Crippen molar-refractivity contribution in [3.05, 3.63) is 35.4 Å². The molecule has 1 N–H and O–H groups in total. The number of benzene rings is 1. The fourth-order valence-electron chi connectivity index (χ4n) is 2.91. The molecule has 0 amide bonds.